The van der Waals surface area contributed by atoms with E-state index in [-0.39, 0.29) is 0 Å². The van der Waals surface area contributed by atoms with Crippen molar-refractivity contribution >= 4 is 76.4 Å². The minimum absolute atomic E-state index is 0.784. The SMILES string of the molecule is C=Cc1oc2c(-c3ccc(-c4ccc5ccc6ccc(-c7cccc8c7sc7ccccc78)nc6c5n4)cc3)cccc2c1/C=C\C. The predicted molar refractivity (Wildman–Crippen MR) is 201 cm³/mol. The molecule has 222 valence electrons. The lowest BCUT2D eigenvalue weighted by atomic mass is 9.99. The molecule has 0 bridgehead atoms. The molecule has 5 aromatic carbocycles. The Labute approximate surface area is 275 Å². The molecule has 0 radical (unpaired) electrons. The van der Waals surface area contributed by atoms with E-state index in [4.69, 9.17) is 14.4 Å². The lowest BCUT2D eigenvalue weighted by molar-refractivity contribution is 0.604. The first-order valence-corrected chi connectivity index (χ1v) is 16.5. The summed E-state index contributed by atoms with van der Waals surface area (Å²) in [5.74, 6) is 0.784. The van der Waals surface area contributed by atoms with Crippen molar-refractivity contribution < 1.29 is 4.42 Å². The van der Waals surface area contributed by atoms with E-state index in [1.54, 1.807) is 6.08 Å². The Kier molecular flexibility index (Phi) is 6.37. The molecule has 3 nitrogen and oxygen atoms in total. The number of hydrogen-bond acceptors (Lipinski definition) is 4. The summed E-state index contributed by atoms with van der Waals surface area (Å²) < 4.78 is 8.84. The van der Waals surface area contributed by atoms with Crippen LogP contribution in [-0.2, 0) is 0 Å². The molecule has 0 amide bonds. The Hall–Kier alpha value is -5.84. The van der Waals surface area contributed by atoms with E-state index in [2.05, 4.69) is 134 Å². The predicted octanol–water partition coefficient (Wildman–Crippen LogP) is 12.6. The molecule has 4 heteroatoms. The fourth-order valence-electron chi connectivity index (χ4n) is 6.72. The molecular weight excluding hydrogens is 593 g/mol. The third-order valence-electron chi connectivity index (χ3n) is 8.99. The summed E-state index contributed by atoms with van der Waals surface area (Å²) in [5, 5.41) is 5.79. The lowest BCUT2D eigenvalue weighted by Gasteiger charge is -2.09. The molecule has 4 heterocycles. The second kappa shape index (κ2) is 10.9. The standard InChI is InChI=1S/C43H28N2OS/c1-3-9-31-33-12-7-11-30(42(33)46-38(31)4-2)26-16-18-27(19-17-26)36-24-22-28-20-21-29-23-25-37(45-41(29)40(28)44-36)35-14-8-13-34-32-10-5-6-15-39(32)47-43(34)35/h3-25H,2H2,1H3/b9-3-. The first kappa shape index (κ1) is 27.5. The number of para-hydroxylation sites is 1. The zero-order valence-electron chi connectivity index (χ0n) is 25.7. The zero-order chi connectivity index (χ0) is 31.5. The van der Waals surface area contributed by atoms with E-state index < -0.39 is 0 Å². The first-order chi connectivity index (χ1) is 23.2. The molecule has 0 aliphatic heterocycles. The van der Waals surface area contributed by atoms with Gasteiger partial charge in [-0.05, 0) is 36.8 Å². The van der Waals surface area contributed by atoms with Crippen LogP contribution in [0, 0.1) is 0 Å². The summed E-state index contributed by atoms with van der Waals surface area (Å²) in [5.41, 5.74) is 9.95. The molecule has 0 aliphatic carbocycles. The minimum atomic E-state index is 0.784. The number of nitrogens with zero attached hydrogens (tertiary/aromatic N) is 2. The fourth-order valence-corrected chi connectivity index (χ4v) is 7.95. The number of fused-ring (bicyclic) bond motifs is 7. The summed E-state index contributed by atoms with van der Waals surface area (Å²) in [6, 6.07) is 42.8. The highest BCUT2D eigenvalue weighted by Gasteiger charge is 2.16. The number of aromatic nitrogens is 2. The summed E-state index contributed by atoms with van der Waals surface area (Å²) in [6.45, 7) is 5.97. The maximum atomic E-state index is 6.28. The van der Waals surface area contributed by atoms with Crippen LogP contribution in [0.25, 0.3) is 98.7 Å². The van der Waals surface area contributed by atoms with Gasteiger partial charge in [0, 0.05) is 58.6 Å². The maximum absolute atomic E-state index is 6.28. The van der Waals surface area contributed by atoms with Crippen molar-refractivity contribution in [3.05, 3.63) is 145 Å². The number of thiophene rings is 1. The first-order valence-electron chi connectivity index (χ1n) is 15.7. The van der Waals surface area contributed by atoms with E-state index in [0.717, 1.165) is 77.7 Å². The van der Waals surface area contributed by atoms with Crippen LogP contribution in [0.1, 0.15) is 18.2 Å². The van der Waals surface area contributed by atoms with Crippen LogP contribution in [0.4, 0.5) is 0 Å². The molecule has 0 spiro atoms. The van der Waals surface area contributed by atoms with E-state index in [1.165, 1.54) is 20.2 Å². The number of hydrogen-bond donors (Lipinski definition) is 0. The number of allylic oxidation sites excluding steroid dienone is 1. The average Bonchev–Trinajstić information content (AvgIpc) is 3.69. The highest BCUT2D eigenvalue weighted by Crippen LogP contribution is 2.40. The minimum Gasteiger partial charge on any atom is -0.455 e. The second-order valence-electron chi connectivity index (χ2n) is 11.7. The molecule has 4 aromatic heterocycles. The third-order valence-corrected chi connectivity index (χ3v) is 10.2. The molecule has 0 unspecified atom stereocenters. The molecule has 47 heavy (non-hydrogen) atoms. The van der Waals surface area contributed by atoms with Gasteiger partial charge in [0.15, 0.2) is 0 Å². The number of rotatable bonds is 5. The maximum Gasteiger partial charge on any atom is 0.143 e. The van der Waals surface area contributed by atoms with Crippen molar-refractivity contribution in [2.75, 3.05) is 0 Å². The summed E-state index contributed by atoms with van der Waals surface area (Å²) in [6.07, 6.45) is 5.88. The van der Waals surface area contributed by atoms with Gasteiger partial charge in [0.05, 0.1) is 22.4 Å². The van der Waals surface area contributed by atoms with Crippen molar-refractivity contribution in [1.29, 1.82) is 0 Å². The Morgan fingerprint density at radius 1 is 0.617 bits per heavy atom. The number of pyridine rings is 2. The topological polar surface area (TPSA) is 38.9 Å². The summed E-state index contributed by atoms with van der Waals surface area (Å²) in [7, 11) is 0. The molecule has 9 rings (SSSR count). The highest BCUT2D eigenvalue weighted by molar-refractivity contribution is 7.26. The van der Waals surface area contributed by atoms with Gasteiger partial charge in [0.1, 0.15) is 11.3 Å². The van der Waals surface area contributed by atoms with E-state index in [9.17, 15) is 0 Å². The fraction of sp³-hybridized carbons (Fsp3) is 0.0233. The molecule has 0 saturated heterocycles. The molecular formula is C43H28N2OS. The van der Waals surface area contributed by atoms with Gasteiger partial charge in [-0.3, -0.25) is 0 Å². The Morgan fingerprint density at radius 3 is 2.02 bits per heavy atom. The Bertz CT molecular complexity index is 2710. The van der Waals surface area contributed by atoms with Gasteiger partial charge in [-0.25, -0.2) is 9.97 Å². The van der Waals surface area contributed by atoms with Gasteiger partial charge >= 0.3 is 0 Å². The molecule has 0 saturated carbocycles. The number of furan rings is 1. The van der Waals surface area contributed by atoms with Gasteiger partial charge in [0.25, 0.3) is 0 Å². The van der Waals surface area contributed by atoms with Crippen LogP contribution in [0.2, 0.25) is 0 Å². The second-order valence-corrected chi connectivity index (χ2v) is 12.8. The Morgan fingerprint density at radius 2 is 1.26 bits per heavy atom. The van der Waals surface area contributed by atoms with E-state index in [0.29, 0.717) is 0 Å². The van der Waals surface area contributed by atoms with Gasteiger partial charge in [0.2, 0.25) is 0 Å². The largest absolute Gasteiger partial charge is 0.455 e. The molecule has 0 atom stereocenters. The van der Waals surface area contributed by atoms with Crippen molar-refractivity contribution in [3.63, 3.8) is 0 Å². The summed E-state index contributed by atoms with van der Waals surface area (Å²) >= 11 is 1.83. The highest BCUT2D eigenvalue weighted by atomic mass is 32.1. The quantitative estimate of drug-likeness (QED) is 0.180. The summed E-state index contributed by atoms with van der Waals surface area (Å²) in [4.78, 5) is 10.5. The number of benzene rings is 5. The Balaban J connectivity index is 1.14. The van der Waals surface area contributed by atoms with Crippen molar-refractivity contribution in [2.24, 2.45) is 0 Å². The zero-order valence-corrected chi connectivity index (χ0v) is 26.5. The van der Waals surface area contributed by atoms with Crippen LogP contribution < -0.4 is 0 Å². The van der Waals surface area contributed by atoms with E-state index in [1.807, 2.05) is 24.3 Å². The van der Waals surface area contributed by atoms with Gasteiger partial charge in [-0.2, -0.15) is 0 Å². The third kappa shape index (κ3) is 4.41. The lowest BCUT2D eigenvalue weighted by Crippen LogP contribution is -1.91. The van der Waals surface area contributed by atoms with Gasteiger partial charge in [-0.15, -0.1) is 11.3 Å². The van der Waals surface area contributed by atoms with Crippen molar-refractivity contribution in [1.82, 2.24) is 9.97 Å². The normalized spacial score (nSPS) is 11.9. The molecule has 0 N–H and O–H groups in total. The molecule has 0 aliphatic rings. The monoisotopic (exact) mass is 620 g/mol. The smallest absolute Gasteiger partial charge is 0.143 e. The van der Waals surface area contributed by atoms with Gasteiger partial charge in [-0.1, -0.05) is 122 Å². The van der Waals surface area contributed by atoms with Crippen LogP contribution in [0.5, 0.6) is 0 Å². The van der Waals surface area contributed by atoms with Crippen LogP contribution >= 0.6 is 11.3 Å². The van der Waals surface area contributed by atoms with Crippen LogP contribution in [0.15, 0.2) is 138 Å². The van der Waals surface area contributed by atoms with Crippen molar-refractivity contribution in [2.45, 2.75) is 6.92 Å². The van der Waals surface area contributed by atoms with Crippen molar-refractivity contribution in [3.8, 4) is 33.6 Å². The molecule has 0 fully saturated rings. The van der Waals surface area contributed by atoms with Crippen LogP contribution in [0.3, 0.4) is 0 Å². The average molecular weight is 621 g/mol. The van der Waals surface area contributed by atoms with Crippen LogP contribution in [-0.4, -0.2) is 9.97 Å². The van der Waals surface area contributed by atoms with E-state index >= 15 is 0 Å². The van der Waals surface area contributed by atoms with Gasteiger partial charge < -0.3 is 4.42 Å². The molecule has 9 aromatic rings.